The van der Waals surface area contributed by atoms with Crippen LogP contribution < -0.4 is 19.5 Å². The highest BCUT2D eigenvalue weighted by Crippen LogP contribution is 2.28. The molecule has 0 aliphatic rings. The van der Waals surface area contributed by atoms with E-state index in [0.717, 1.165) is 17.1 Å². The Morgan fingerprint density at radius 2 is 1.77 bits per heavy atom. The van der Waals surface area contributed by atoms with Crippen LogP contribution in [-0.2, 0) is 11.2 Å². The van der Waals surface area contributed by atoms with E-state index in [2.05, 4.69) is 5.32 Å². The van der Waals surface area contributed by atoms with E-state index in [9.17, 15) is 4.79 Å². The van der Waals surface area contributed by atoms with Crippen molar-refractivity contribution in [1.82, 2.24) is 5.32 Å². The normalized spacial score (nSPS) is 10.3. The lowest BCUT2D eigenvalue weighted by Crippen LogP contribution is -2.30. The molecule has 26 heavy (non-hydrogen) atoms. The first kappa shape index (κ1) is 19.9. The first-order valence-electron chi connectivity index (χ1n) is 8.66. The zero-order chi connectivity index (χ0) is 18.8. The maximum atomic E-state index is 11.9. The number of hydrogen-bond acceptors (Lipinski definition) is 4. The molecule has 0 saturated carbocycles. The average molecular weight is 378 g/mol. The van der Waals surface area contributed by atoms with Crippen molar-refractivity contribution in [1.29, 1.82) is 0 Å². The standard InChI is InChI=1S/C20H24ClNO4/c1-3-24-18-9-8-15(12-19(18)25-4-2)10-11-22-20(23)14-26-17-7-5-6-16(21)13-17/h5-9,12-13H,3-4,10-11,14H2,1-2H3,(H,22,23). The van der Waals surface area contributed by atoms with Gasteiger partial charge in [0.25, 0.3) is 5.91 Å². The summed E-state index contributed by atoms with van der Waals surface area (Å²) in [6.07, 6.45) is 0.690. The minimum Gasteiger partial charge on any atom is -0.490 e. The zero-order valence-electron chi connectivity index (χ0n) is 15.1. The van der Waals surface area contributed by atoms with Crippen LogP contribution in [0.1, 0.15) is 19.4 Å². The number of rotatable bonds is 10. The lowest BCUT2D eigenvalue weighted by molar-refractivity contribution is -0.123. The van der Waals surface area contributed by atoms with Crippen molar-refractivity contribution < 1.29 is 19.0 Å². The molecule has 0 heterocycles. The highest BCUT2D eigenvalue weighted by atomic mass is 35.5. The smallest absolute Gasteiger partial charge is 0.257 e. The summed E-state index contributed by atoms with van der Waals surface area (Å²) >= 11 is 5.88. The first-order chi connectivity index (χ1) is 12.6. The van der Waals surface area contributed by atoms with Crippen LogP contribution in [0.3, 0.4) is 0 Å². The van der Waals surface area contributed by atoms with Crippen molar-refractivity contribution in [3.05, 3.63) is 53.1 Å². The van der Waals surface area contributed by atoms with Crippen molar-refractivity contribution in [2.75, 3.05) is 26.4 Å². The molecule has 0 spiro atoms. The molecular formula is C20H24ClNO4. The molecule has 2 rings (SSSR count). The Kier molecular flexibility index (Phi) is 8.09. The lowest BCUT2D eigenvalue weighted by atomic mass is 10.1. The summed E-state index contributed by atoms with van der Waals surface area (Å²) in [7, 11) is 0. The number of nitrogens with one attached hydrogen (secondary N) is 1. The van der Waals surface area contributed by atoms with E-state index in [0.29, 0.717) is 37.0 Å². The van der Waals surface area contributed by atoms with Gasteiger partial charge >= 0.3 is 0 Å². The molecule has 1 N–H and O–H groups in total. The van der Waals surface area contributed by atoms with Gasteiger partial charge in [0.05, 0.1) is 13.2 Å². The topological polar surface area (TPSA) is 56.8 Å². The van der Waals surface area contributed by atoms with Gasteiger partial charge in [0.1, 0.15) is 5.75 Å². The van der Waals surface area contributed by atoms with Gasteiger partial charge < -0.3 is 19.5 Å². The lowest BCUT2D eigenvalue weighted by Gasteiger charge is -2.13. The summed E-state index contributed by atoms with van der Waals surface area (Å²) in [5, 5.41) is 3.41. The van der Waals surface area contributed by atoms with Gasteiger partial charge in [-0.1, -0.05) is 23.7 Å². The van der Waals surface area contributed by atoms with Crippen LogP contribution >= 0.6 is 11.6 Å². The van der Waals surface area contributed by atoms with E-state index in [1.54, 1.807) is 24.3 Å². The minimum absolute atomic E-state index is 0.0478. The van der Waals surface area contributed by atoms with Gasteiger partial charge in [-0.15, -0.1) is 0 Å². The highest BCUT2D eigenvalue weighted by Gasteiger charge is 2.07. The molecule has 0 aromatic heterocycles. The molecule has 0 aliphatic carbocycles. The third-order valence-corrected chi connectivity index (χ3v) is 3.74. The Labute approximate surface area is 159 Å². The Morgan fingerprint density at radius 1 is 1.00 bits per heavy atom. The van der Waals surface area contributed by atoms with Gasteiger partial charge in [-0.05, 0) is 56.2 Å². The SMILES string of the molecule is CCOc1ccc(CCNC(=O)COc2cccc(Cl)c2)cc1OCC. The van der Waals surface area contributed by atoms with E-state index in [1.165, 1.54) is 0 Å². The molecule has 1 amide bonds. The van der Waals surface area contributed by atoms with Gasteiger partial charge in [0, 0.05) is 11.6 Å². The Morgan fingerprint density at radius 3 is 2.50 bits per heavy atom. The average Bonchev–Trinajstić information content (AvgIpc) is 2.62. The van der Waals surface area contributed by atoms with Crippen molar-refractivity contribution in [3.63, 3.8) is 0 Å². The predicted molar refractivity (Wildman–Crippen MR) is 102 cm³/mol. The first-order valence-corrected chi connectivity index (χ1v) is 9.03. The van der Waals surface area contributed by atoms with Crippen LogP contribution in [0.15, 0.2) is 42.5 Å². The second-order valence-corrected chi connectivity index (χ2v) is 5.93. The van der Waals surface area contributed by atoms with Crippen molar-refractivity contribution in [2.45, 2.75) is 20.3 Å². The molecule has 5 nitrogen and oxygen atoms in total. The van der Waals surface area contributed by atoms with Crippen LogP contribution in [0.4, 0.5) is 0 Å². The number of amides is 1. The molecule has 140 valence electrons. The molecule has 0 atom stereocenters. The quantitative estimate of drug-likeness (QED) is 0.682. The van der Waals surface area contributed by atoms with Gasteiger partial charge in [0.15, 0.2) is 18.1 Å². The molecular weight excluding hydrogens is 354 g/mol. The summed E-state index contributed by atoms with van der Waals surface area (Å²) in [5.74, 6) is 1.85. The predicted octanol–water partition coefficient (Wildman–Crippen LogP) is 3.88. The van der Waals surface area contributed by atoms with Crippen LogP contribution in [-0.4, -0.2) is 32.3 Å². The van der Waals surface area contributed by atoms with E-state index in [-0.39, 0.29) is 12.5 Å². The largest absolute Gasteiger partial charge is 0.490 e. The van der Waals surface area contributed by atoms with E-state index >= 15 is 0 Å². The molecule has 0 unspecified atom stereocenters. The maximum absolute atomic E-state index is 11.9. The fraction of sp³-hybridized carbons (Fsp3) is 0.350. The molecule has 2 aromatic rings. The summed E-state index contributed by atoms with van der Waals surface area (Å²) in [5.41, 5.74) is 1.06. The van der Waals surface area contributed by atoms with Crippen molar-refractivity contribution in [2.24, 2.45) is 0 Å². The number of halogens is 1. The third kappa shape index (κ3) is 6.48. The van der Waals surface area contributed by atoms with E-state index in [1.807, 2.05) is 32.0 Å². The number of ether oxygens (including phenoxy) is 3. The number of benzene rings is 2. The molecule has 0 fully saturated rings. The summed E-state index contributed by atoms with van der Waals surface area (Å²) in [6, 6.07) is 12.8. The van der Waals surface area contributed by atoms with E-state index < -0.39 is 0 Å². The maximum Gasteiger partial charge on any atom is 0.257 e. The van der Waals surface area contributed by atoms with Gasteiger partial charge in [-0.2, -0.15) is 0 Å². The zero-order valence-corrected chi connectivity index (χ0v) is 15.8. The van der Waals surface area contributed by atoms with Crippen molar-refractivity contribution >= 4 is 17.5 Å². The Balaban J connectivity index is 1.79. The van der Waals surface area contributed by atoms with Crippen LogP contribution in [0.25, 0.3) is 0 Å². The van der Waals surface area contributed by atoms with Crippen molar-refractivity contribution in [3.8, 4) is 17.2 Å². The monoisotopic (exact) mass is 377 g/mol. The second kappa shape index (κ2) is 10.6. The number of hydrogen-bond donors (Lipinski definition) is 1. The van der Waals surface area contributed by atoms with Crippen LogP contribution in [0.5, 0.6) is 17.2 Å². The highest BCUT2D eigenvalue weighted by molar-refractivity contribution is 6.30. The van der Waals surface area contributed by atoms with Gasteiger partial charge in [0.2, 0.25) is 0 Å². The minimum atomic E-state index is -0.180. The third-order valence-electron chi connectivity index (χ3n) is 3.51. The Bertz CT molecular complexity index is 721. The van der Waals surface area contributed by atoms with Crippen LogP contribution in [0, 0.1) is 0 Å². The molecule has 0 aliphatic heterocycles. The molecule has 6 heteroatoms. The van der Waals surface area contributed by atoms with Gasteiger partial charge in [-0.3, -0.25) is 4.79 Å². The summed E-state index contributed by atoms with van der Waals surface area (Å²) in [6.45, 7) is 5.49. The Hall–Kier alpha value is -2.40. The van der Waals surface area contributed by atoms with E-state index in [4.69, 9.17) is 25.8 Å². The molecule has 0 radical (unpaired) electrons. The molecule has 0 bridgehead atoms. The fourth-order valence-corrected chi connectivity index (χ4v) is 2.53. The number of carbonyl (C=O) groups excluding carboxylic acids is 1. The van der Waals surface area contributed by atoms with Gasteiger partial charge in [-0.25, -0.2) is 0 Å². The fourth-order valence-electron chi connectivity index (χ4n) is 2.35. The summed E-state index contributed by atoms with van der Waals surface area (Å²) < 4.78 is 16.6. The van der Waals surface area contributed by atoms with Crippen LogP contribution in [0.2, 0.25) is 5.02 Å². The molecule has 2 aromatic carbocycles. The number of carbonyl (C=O) groups is 1. The molecule has 0 saturated heterocycles. The summed E-state index contributed by atoms with van der Waals surface area (Å²) in [4.78, 5) is 11.9. The second-order valence-electron chi connectivity index (χ2n) is 5.49.